The van der Waals surface area contributed by atoms with Crippen LogP contribution in [0.5, 0.6) is 0 Å². The molecule has 40 heavy (non-hydrogen) atoms. The molecule has 0 aliphatic carbocycles. The first-order valence-corrected chi connectivity index (χ1v) is 14.4. The number of carbonyl (C=O) groups excluding carboxylic acids is 3. The fourth-order valence-corrected chi connectivity index (χ4v) is 7.40. The summed E-state index contributed by atoms with van der Waals surface area (Å²) in [5, 5.41) is 7.84. The highest BCUT2D eigenvalue weighted by Crippen LogP contribution is 2.51. The van der Waals surface area contributed by atoms with Gasteiger partial charge in [0.15, 0.2) is 0 Å². The van der Waals surface area contributed by atoms with Crippen LogP contribution in [0.25, 0.3) is 10.9 Å². The van der Waals surface area contributed by atoms with Gasteiger partial charge in [0.25, 0.3) is 5.91 Å². The molecule has 1 fully saturated rings. The Morgan fingerprint density at radius 1 is 1.02 bits per heavy atom. The molecule has 0 atom stereocenters. The van der Waals surface area contributed by atoms with Crippen molar-refractivity contribution < 1.29 is 14.4 Å². The Bertz CT molecular complexity index is 1700. The molecule has 1 saturated heterocycles. The zero-order chi connectivity index (χ0) is 27.6. The molecule has 0 unspecified atom stereocenters. The average molecular weight is 599 g/mol. The van der Waals surface area contributed by atoms with Crippen LogP contribution in [0.3, 0.4) is 0 Å². The normalized spacial score (nSPS) is 17.6. The number of nitrogens with zero attached hydrogens (tertiary/aromatic N) is 4. The van der Waals surface area contributed by atoms with E-state index in [9.17, 15) is 14.4 Å². The molecule has 3 amide bonds. The Balaban J connectivity index is 1.14. The van der Waals surface area contributed by atoms with Gasteiger partial charge in [-0.2, -0.15) is 5.10 Å². The van der Waals surface area contributed by atoms with Crippen LogP contribution in [-0.4, -0.2) is 59.0 Å². The lowest BCUT2D eigenvalue weighted by atomic mass is 9.73. The van der Waals surface area contributed by atoms with E-state index in [0.717, 1.165) is 38.7 Å². The van der Waals surface area contributed by atoms with E-state index in [1.807, 2.05) is 58.3 Å². The van der Waals surface area contributed by atoms with Crippen molar-refractivity contribution in [3.8, 4) is 0 Å². The van der Waals surface area contributed by atoms with Gasteiger partial charge in [0.2, 0.25) is 11.8 Å². The van der Waals surface area contributed by atoms with Gasteiger partial charge in [-0.1, -0.05) is 39.7 Å². The van der Waals surface area contributed by atoms with Crippen molar-refractivity contribution in [2.75, 3.05) is 36.0 Å². The number of piperidine rings is 1. The molecular formula is C31H28BrN5O3. The number of benzene rings is 3. The number of carbonyl (C=O) groups is 3. The maximum Gasteiger partial charge on any atom is 0.253 e. The lowest BCUT2D eigenvalue weighted by Crippen LogP contribution is -2.51. The van der Waals surface area contributed by atoms with E-state index in [1.54, 1.807) is 11.1 Å². The molecule has 7 rings (SSSR count). The summed E-state index contributed by atoms with van der Waals surface area (Å²) in [6.45, 7) is 3.58. The van der Waals surface area contributed by atoms with Crippen LogP contribution in [0, 0.1) is 6.92 Å². The summed E-state index contributed by atoms with van der Waals surface area (Å²) < 4.78 is 0.862. The number of aromatic amines is 1. The number of rotatable bonds is 3. The van der Waals surface area contributed by atoms with E-state index in [1.165, 1.54) is 11.1 Å². The topological polar surface area (TPSA) is 89.6 Å². The maximum absolute atomic E-state index is 14.2. The van der Waals surface area contributed by atoms with E-state index in [2.05, 4.69) is 39.1 Å². The van der Waals surface area contributed by atoms with Crippen molar-refractivity contribution in [1.82, 2.24) is 15.1 Å². The quantitative estimate of drug-likeness (QED) is 0.369. The number of hydrogen-bond acceptors (Lipinski definition) is 4. The Morgan fingerprint density at radius 3 is 2.67 bits per heavy atom. The van der Waals surface area contributed by atoms with Crippen molar-refractivity contribution in [2.24, 2.45) is 0 Å². The Labute approximate surface area is 240 Å². The van der Waals surface area contributed by atoms with Gasteiger partial charge >= 0.3 is 0 Å². The van der Waals surface area contributed by atoms with E-state index < -0.39 is 5.41 Å². The fraction of sp³-hybridized carbons (Fsp3) is 0.290. The summed E-state index contributed by atoms with van der Waals surface area (Å²) >= 11 is 3.71. The van der Waals surface area contributed by atoms with Crippen LogP contribution in [0.1, 0.15) is 39.9 Å². The lowest BCUT2D eigenvalue weighted by molar-refractivity contribution is -0.126. The summed E-state index contributed by atoms with van der Waals surface area (Å²) in [4.78, 5) is 46.5. The molecule has 1 spiro atoms. The second-order valence-electron chi connectivity index (χ2n) is 11.0. The molecule has 8 nitrogen and oxygen atoms in total. The first kappa shape index (κ1) is 25.0. The number of fused-ring (bicyclic) bond motifs is 4. The van der Waals surface area contributed by atoms with Crippen molar-refractivity contribution in [1.29, 1.82) is 0 Å². The Morgan fingerprint density at radius 2 is 1.85 bits per heavy atom. The molecule has 202 valence electrons. The molecule has 4 heterocycles. The summed E-state index contributed by atoms with van der Waals surface area (Å²) in [7, 11) is 0. The number of aryl methyl sites for hydroxylation is 1. The minimum Gasteiger partial charge on any atom is -0.339 e. The highest BCUT2D eigenvalue weighted by Gasteiger charge is 2.54. The van der Waals surface area contributed by atoms with Gasteiger partial charge < -0.3 is 14.7 Å². The zero-order valence-corrected chi connectivity index (χ0v) is 23.7. The van der Waals surface area contributed by atoms with Gasteiger partial charge in [-0.05, 0) is 68.1 Å². The number of hydrogen-bond donors (Lipinski definition) is 1. The third-order valence-electron chi connectivity index (χ3n) is 8.73. The van der Waals surface area contributed by atoms with Crippen molar-refractivity contribution in [2.45, 2.75) is 31.6 Å². The van der Waals surface area contributed by atoms with Crippen LogP contribution in [0.2, 0.25) is 0 Å². The highest BCUT2D eigenvalue weighted by molar-refractivity contribution is 9.10. The van der Waals surface area contributed by atoms with Gasteiger partial charge in [0.05, 0.1) is 17.1 Å². The highest BCUT2D eigenvalue weighted by atomic mass is 79.9. The molecule has 0 bridgehead atoms. The number of anilines is 2. The van der Waals surface area contributed by atoms with E-state index in [-0.39, 0.29) is 24.3 Å². The number of H-pyrrole nitrogens is 1. The molecule has 1 aromatic heterocycles. The maximum atomic E-state index is 14.2. The molecule has 3 aliphatic heterocycles. The molecule has 0 radical (unpaired) electrons. The molecule has 9 heteroatoms. The van der Waals surface area contributed by atoms with Gasteiger partial charge in [-0.15, -0.1) is 0 Å². The van der Waals surface area contributed by atoms with E-state index in [4.69, 9.17) is 0 Å². The van der Waals surface area contributed by atoms with Crippen LogP contribution in [-0.2, 0) is 21.4 Å². The van der Waals surface area contributed by atoms with Gasteiger partial charge in [0.1, 0.15) is 6.54 Å². The third-order valence-corrected chi connectivity index (χ3v) is 9.39. The van der Waals surface area contributed by atoms with Crippen molar-refractivity contribution in [3.63, 3.8) is 0 Å². The summed E-state index contributed by atoms with van der Waals surface area (Å²) in [6.07, 6.45) is 3.52. The SMILES string of the molecule is Cc1ccc2c(c1)CCN2C(=O)CN1C(=O)C2(CCN(C(=O)c3ccc4[nH]ncc4c3)CC2)c2c(Br)cccc21. The second-order valence-corrected chi connectivity index (χ2v) is 11.9. The molecule has 3 aromatic carbocycles. The van der Waals surface area contributed by atoms with E-state index in [0.29, 0.717) is 38.0 Å². The third kappa shape index (κ3) is 3.78. The average Bonchev–Trinajstić information content (AvgIpc) is 3.66. The molecule has 0 saturated carbocycles. The largest absolute Gasteiger partial charge is 0.339 e. The summed E-state index contributed by atoms with van der Waals surface area (Å²) in [5.41, 5.74) is 5.71. The number of nitrogens with one attached hydrogen (secondary N) is 1. The van der Waals surface area contributed by atoms with Gasteiger partial charge in [-0.25, -0.2) is 0 Å². The molecule has 4 aromatic rings. The minimum absolute atomic E-state index is 0.00921. The number of amides is 3. The second kappa shape index (κ2) is 9.30. The zero-order valence-electron chi connectivity index (χ0n) is 22.1. The predicted molar refractivity (Wildman–Crippen MR) is 157 cm³/mol. The summed E-state index contributed by atoms with van der Waals surface area (Å²) in [5.74, 6) is -0.190. The monoisotopic (exact) mass is 597 g/mol. The fourth-order valence-electron chi connectivity index (χ4n) is 6.67. The Hall–Kier alpha value is -3.98. The van der Waals surface area contributed by atoms with Crippen LogP contribution < -0.4 is 9.80 Å². The van der Waals surface area contributed by atoms with Crippen molar-refractivity contribution in [3.05, 3.63) is 87.5 Å². The standard InChI is InChI=1S/C31H28BrN5O3/c1-19-5-8-25-20(15-19)9-12-36(25)27(38)18-37-26-4-2-3-23(32)28(26)31(30(37)40)10-13-35(14-11-31)29(39)21-6-7-24-22(16-21)17-33-34-24/h2-8,15-17H,9-14,18H2,1H3,(H,33,34). The van der Waals surface area contributed by atoms with Gasteiger partial charge in [-0.3, -0.25) is 19.5 Å². The molecule has 3 aliphatic rings. The molecular weight excluding hydrogens is 570 g/mol. The smallest absolute Gasteiger partial charge is 0.253 e. The van der Waals surface area contributed by atoms with Crippen LogP contribution in [0.4, 0.5) is 11.4 Å². The first-order valence-electron chi connectivity index (χ1n) is 13.6. The number of aromatic nitrogens is 2. The van der Waals surface area contributed by atoms with E-state index >= 15 is 0 Å². The molecule has 1 N–H and O–H groups in total. The summed E-state index contributed by atoms with van der Waals surface area (Å²) in [6, 6.07) is 17.5. The van der Waals surface area contributed by atoms with Gasteiger partial charge in [0, 0.05) is 52.0 Å². The minimum atomic E-state index is -0.777. The van der Waals surface area contributed by atoms with Crippen LogP contribution in [0.15, 0.2) is 65.3 Å². The van der Waals surface area contributed by atoms with Crippen molar-refractivity contribution >= 4 is 55.9 Å². The number of likely N-dealkylation sites (tertiary alicyclic amines) is 1. The predicted octanol–water partition coefficient (Wildman–Crippen LogP) is 4.74. The lowest BCUT2D eigenvalue weighted by Gasteiger charge is -2.39. The number of halogens is 1. The first-order chi connectivity index (χ1) is 19.4. The van der Waals surface area contributed by atoms with Crippen LogP contribution >= 0.6 is 15.9 Å². The Kier molecular flexibility index (Phi) is 5.82.